The second-order valence-corrected chi connectivity index (χ2v) is 7.87. The van der Waals surface area contributed by atoms with E-state index in [1.54, 1.807) is 11.3 Å². The number of piperidine rings is 1. The lowest BCUT2D eigenvalue weighted by Crippen LogP contribution is -2.45. The van der Waals surface area contributed by atoms with Crippen molar-refractivity contribution in [2.75, 3.05) is 18.0 Å². The summed E-state index contributed by atoms with van der Waals surface area (Å²) in [5.74, 6) is 1.72. The van der Waals surface area contributed by atoms with E-state index in [-0.39, 0.29) is 11.9 Å². The zero-order chi connectivity index (χ0) is 18.8. The lowest BCUT2D eigenvalue weighted by Gasteiger charge is -2.32. The Morgan fingerprint density at radius 1 is 1.41 bits per heavy atom. The standard InChI is InChI=1S/C19H23N5O2S/c1-12-15(13(2)26-23-12)10-19(25)20-14-5-7-24(8-6-14)18-11-16(21-22-18)17-4-3-9-27-17/h3-4,9,11,14H,5-8,10H2,1-2H3,(H,20,25)(H,21,22). The van der Waals surface area contributed by atoms with Crippen molar-refractivity contribution in [3.8, 4) is 10.6 Å². The molecule has 0 saturated carbocycles. The number of aryl methyl sites for hydroxylation is 2. The van der Waals surface area contributed by atoms with Gasteiger partial charge in [0.05, 0.1) is 22.7 Å². The fraction of sp³-hybridized carbons (Fsp3) is 0.421. The first-order valence-electron chi connectivity index (χ1n) is 9.15. The van der Waals surface area contributed by atoms with E-state index in [9.17, 15) is 4.79 Å². The van der Waals surface area contributed by atoms with Crippen LogP contribution >= 0.6 is 11.3 Å². The van der Waals surface area contributed by atoms with Crippen molar-refractivity contribution in [1.82, 2.24) is 20.7 Å². The zero-order valence-corrected chi connectivity index (χ0v) is 16.3. The third-order valence-corrected chi connectivity index (χ3v) is 5.96. The van der Waals surface area contributed by atoms with Crippen molar-refractivity contribution in [3.63, 3.8) is 0 Å². The fourth-order valence-corrected chi connectivity index (χ4v) is 4.17. The minimum absolute atomic E-state index is 0.0302. The normalized spacial score (nSPS) is 15.3. The molecule has 1 amide bonds. The van der Waals surface area contributed by atoms with Gasteiger partial charge < -0.3 is 14.7 Å². The molecule has 1 aliphatic heterocycles. The SMILES string of the molecule is Cc1noc(C)c1CC(=O)NC1CCN(c2cc(-c3cccs3)[nH]n2)CC1. The molecular formula is C19H23N5O2S. The van der Waals surface area contributed by atoms with Crippen LogP contribution in [0.3, 0.4) is 0 Å². The molecule has 4 heterocycles. The molecule has 2 N–H and O–H groups in total. The van der Waals surface area contributed by atoms with Crippen LogP contribution in [0.1, 0.15) is 29.9 Å². The number of aromatic amines is 1. The van der Waals surface area contributed by atoms with Crippen LogP contribution in [0.2, 0.25) is 0 Å². The number of rotatable bonds is 5. The van der Waals surface area contributed by atoms with Crippen LogP contribution in [0.5, 0.6) is 0 Å². The van der Waals surface area contributed by atoms with Crippen molar-refractivity contribution < 1.29 is 9.32 Å². The summed E-state index contributed by atoms with van der Waals surface area (Å²) in [6.45, 7) is 5.47. The lowest BCUT2D eigenvalue weighted by molar-refractivity contribution is -0.121. The Balaban J connectivity index is 1.29. The highest BCUT2D eigenvalue weighted by Gasteiger charge is 2.23. The molecule has 8 heteroatoms. The van der Waals surface area contributed by atoms with E-state index in [0.717, 1.165) is 54.5 Å². The van der Waals surface area contributed by atoms with Gasteiger partial charge in [0, 0.05) is 30.8 Å². The lowest BCUT2D eigenvalue weighted by atomic mass is 10.0. The first-order valence-corrected chi connectivity index (χ1v) is 10.0. The van der Waals surface area contributed by atoms with Crippen LogP contribution in [0.25, 0.3) is 10.6 Å². The first-order chi connectivity index (χ1) is 13.1. The molecule has 7 nitrogen and oxygen atoms in total. The molecule has 0 aliphatic carbocycles. The van der Waals surface area contributed by atoms with Crippen LogP contribution in [0.15, 0.2) is 28.1 Å². The maximum absolute atomic E-state index is 12.4. The van der Waals surface area contributed by atoms with Gasteiger partial charge in [0.25, 0.3) is 0 Å². The zero-order valence-electron chi connectivity index (χ0n) is 15.5. The number of hydrogen-bond acceptors (Lipinski definition) is 6. The molecule has 3 aromatic rings. The molecule has 4 rings (SSSR count). The number of amides is 1. The van der Waals surface area contributed by atoms with Gasteiger partial charge in [0.2, 0.25) is 5.91 Å². The highest BCUT2D eigenvalue weighted by molar-refractivity contribution is 7.13. The Kier molecular flexibility index (Phi) is 4.98. The number of hydrogen-bond donors (Lipinski definition) is 2. The highest BCUT2D eigenvalue weighted by Crippen LogP contribution is 2.27. The topological polar surface area (TPSA) is 87.0 Å². The summed E-state index contributed by atoms with van der Waals surface area (Å²) < 4.78 is 5.13. The summed E-state index contributed by atoms with van der Waals surface area (Å²) in [6.07, 6.45) is 2.15. The predicted molar refractivity (Wildman–Crippen MR) is 105 cm³/mol. The van der Waals surface area contributed by atoms with Crippen LogP contribution < -0.4 is 10.2 Å². The average Bonchev–Trinajstić information content (AvgIpc) is 3.40. The molecule has 142 valence electrons. The number of carbonyl (C=O) groups excluding carboxylic acids is 1. The van der Waals surface area contributed by atoms with Crippen molar-refractivity contribution in [3.05, 3.63) is 40.6 Å². The molecule has 1 fully saturated rings. The molecule has 27 heavy (non-hydrogen) atoms. The van der Waals surface area contributed by atoms with Gasteiger partial charge in [-0.3, -0.25) is 9.89 Å². The van der Waals surface area contributed by atoms with Gasteiger partial charge in [0.1, 0.15) is 5.76 Å². The Bertz CT molecular complexity index is 887. The van der Waals surface area contributed by atoms with Gasteiger partial charge in [-0.05, 0) is 38.1 Å². The summed E-state index contributed by atoms with van der Waals surface area (Å²) in [5.41, 5.74) is 2.73. The second kappa shape index (κ2) is 7.56. The number of H-pyrrole nitrogens is 1. The smallest absolute Gasteiger partial charge is 0.224 e. The van der Waals surface area contributed by atoms with Gasteiger partial charge in [-0.25, -0.2) is 0 Å². The van der Waals surface area contributed by atoms with E-state index in [0.29, 0.717) is 6.42 Å². The molecule has 0 aromatic carbocycles. The van der Waals surface area contributed by atoms with Crippen LogP contribution in [0, 0.1) is 13.8 Å². The number of anilines is 1. The third-order valence-electron chi connectivity index (χ3n) is 5.05. The largest absolute Gasteiger partial charge is 0.361 e. The molecule has 3 aromatic heterocycles. The Labute approximate surface area is 161 Å². The van der Waals surface area contributed by atoms with Crippen molar-refractivity contribution in [2.24, 2.45) is 0 Å². The first kappa shape index (κ1) is 17.8. The number of thiophene rings is 1. The number of carbonyl (C=O) groups is 1. The molecule has 0 bridgehead atoms. The Hall–Kier alpha value is -2.61. The van der Waals surface area contributed by atoms with Crippen LogP contribution in [-0.2, 0) is 11.2 Å². The van der Waals surface area contributed by atoms with Crippen molar-refractivity contribution in [1.29, 1.82) is 0 Å². The van der Waals surface area contributed by atoms with Crippen molar-refractivity contribution >= 4 is 23.1 Å². The van der Waals surface area contributed by atoms with Gasteiger partial charge in [-0.2, -0.15) is 5.10 Å². The van der Waals surface area contributed by atoms with Gasteiger partial charge >= 0.3 is 0 Å². The number of nitrogens with zero attached hydrogens (tertiary/aromatic N) is 3. The Morgan fingerprint density at radius 2 is 2.22 bits per heavy atom. The second-order valence-electron chi connectivity index (χ2n) is 6.93. The maximum atomic E-state index is 12.4. The summed E-state index contributed by atoms with van der Waals surface area (Å²) in [4.78, 5) is 15.8. The molecule has 1 aliphatic rings. The van der Waals surface area contributed by atoms with Crippen LogP contribution in [-0.4, -0.2) is 40.4 Å². The minimum Gasteiger partial charge on any atom is -0.361 e. The summed E-state index contributed by atoms with van der Waals surface area (Å²) in [6, 6.07) is 6.42. The Morgan fingerprint density at radius 3 is 2.89 bits per heavy atom. The number of aromatic nitrogens is 3. The molecule has 1 saturated heterocycles. The molecule has 0 atom stereocenters. The van der Waals surface area contributed by atoms with E-state index in [1.807, 2.05) is 19.9 Å². The number of nitrogens with one attached hydrogen (secondary N) is 2. The minimum atomic E-state index is 0.0302. The van der Waals surface area contributed by atoms with Gasteiger partial charge in [0.15, 0.2) is 5.82 Å². The molecular weight excluding hydrogens is 362 g/mol. The van der Waals surface area contributed by atoms with E-state index in [4.69, 9.17) is 4.52 Å². The monoisotopic (exact) mass is 385 g/mol. The summed E-state index contributed by atoms with van der Waals surface area (Å²) >= 11 is 1.70. The predicted octanol–water partition coefficient (Wildman–Crippen LogP) is 3.07. The molecule has 0 spiro atoms. The highest BCUT2D eigenvalue weighted by atomic mass is 32.1. The third kappa shape index (κ3) is 3.90. The van der Waals surface area contributed by atoms with E-state index < -0.39 is 0 Å². The van der Waals surface area contributed by atoms with Gasteiger partial charge in [-0.1, -0.05) is 11.2 Å². The van der Waals surface area contributed by atoms with E-state index in [2.05, 4.69) is 43.1 Å². The van der Waals surface area contributed by atoms with Crippen molar-refractivity contribution in [2.45, 2.75) is 39.2 Å². The van der Waals surface area contributed by atoms with Gasteiger partial charge in [-0.15, -0.1) is 11.3 Å². The van der Waals surface area contributed by atoms with E-state index in [1.165, 1.54) is 4.88 Å². The summed E-state index contributed by atoms with van der Waals surface area (Å²) in [5, 5.41) is 16.7. The van der Waals surface area contributed by atoms with E-state index >= 15 is 0 Å². The quantitative estimate of drug-likeness (QED) is 0.705. The maximum Gasteiger partial charge on any atom is 0.224 e. The summed E-state index contributed by atoms with van der Waals surface area (Å²) in [7, 11) is 0. The van der Waals surface area contributed by atoms with Crippen LogP contribution in [0.4, 0.5) is 5.82 Å². The fourth-order valence-electron chi connectivity index (χ4n) is 3.48. The average molecular weight is 385 g/mol. The molecule has 0 radical (unpaired) electrons. The molecule has 0 unspecified atom stereocenters.